The molecule has 4 heteroatoms. The van der Waals surface area contributed by atoms with Gasteiger partial charge >= 0.3 is 0 Å². The molecule has 1 spiro atoms. The SMILES string of the molecule is c1ccc(N2c3ccc(-c4cccc5c4c4c6ccccc6oc4n5-c4ccccc4)cc3C3(c4ccccc4-c4ccccc43)c3cc(-n4c5ccccc5c5ccccc54)ccc32)cc1. The van der Waals surface area contributed by atoms with Gasteiger partial charge in [0, 0.05) is 38.6 Å². The van der Waals surface area contributed by atoms with Crippen molar-refractivity contribution in [3.63, 3.8) is 0 Å². The summed E-state index contributed by atoms with van der Waals surface area (Å²) in [5.41, 5.74) is 20.1. The first-order valence-corrected chi connectivity index (χ1v) is 23.1. The van der Waals surface area contributed by atoms with Crippen LogP contribution in [0.1, 0.15) is 22.3 Å². The lowest BCUT2D eigenvalue weighted by atomic mass is 9.64. The Morgan fingerprint density at radius 3 is 1.57 bits per heavy atom. The highest BCUT2D eigenvalue weighted by Crippen LogP contribution is 2.64. The number of anilines is 3. The predicted molar refractivity (Wildman–Crippen MR) is 276 cm³/mol. The Labute approximate surface area is 386 Å². The molecule has 4 nitrogen and oxygen atoms in total. The van der Waals surface area contributed by atoms with Gasteiger partial charge in [0.25, 0.3) is 0 Å². The number of benzene rings is 10. The maximum Gasteiger partial charge on any atom is 0.213 e. The highest BCUT2D eigenvalue weighted by atomic mass is 16.3. The molecule has 0 bridgehead atoms. The van der Waals surface area contributed by atoms with Crippen LogP contribution in [0.2, 0.25) is 0 Å². The molecule has 312 valence electrons. The Hall–Kier alpha value is -8.86. The molecule has 0 saturated carbocycles. The summed E-state index contributed by atoms with van der Waals surface area (Å²) < 4.78 is 11.6. The van der Waals surface area contributed by atoms with Gasteiger partial charge in [-0.2, -0.15) is 0 Å². The van der Waals surface area contributed by atoms with E-state index in [0.29, 0.717) is 0 Å². The fraction of sp³-hybridized carbons (Fsp3) is 0.0159. The summed E-state index contributed by atoms with van der Waals surface area (Å²) >= 11 is 0. The Bertz CT molecular complexity index is 4070. The van der Waals surface area contributed by atoms with Gasteiger partial charge in [0.1, 0.15) is 5.58 Å². The molecule has 0 amide bonds. The van der Waals surface area contributed by atoms with E-state index in [1.54, 1.807) is 0 Å². The van der Waals surface area contributed by atoms with Crippen molar-refractivity contribution in [1.82, 2.24) is 9.13 Å². The van der Waals surface area contributed by atoms with Crippen LogP contribution in [0.15, 0.2) is 241 Å². The number of furan rings is 1. The van der Waals surface area contributed by atoms with Crippen LogP contribution < -0.4 is 4.90 Å². The minimum atomic E-state index is -0.671. The van der Waals surface area contributed by atoms with Gasteiger partial charge in [-0.25, -0.2) is 0 Å². The van der Waals surface area contributed by atoms with E-state index in [-0.39, 0.29) is 0 Å². The minimum Gasteiger partial charge on any atom is -0.439 e. The molecular formula is C63H39N3O. The maximum atomic E-state index is 6.81. The van der Waals surface area contributed by atoms with E-state index in [2.05, 4.69) is 251 Å². The first-order valence-electron chi connectivity index (χ1n) is 23.1. The predicted octanol–water partition coefficient (Wildman–Crippen LogP) is 16.4. The Morgan fingerprint density at radius 2 is 0.866 bits per heavy atom. The molecule has 0 fully saturated rings. The summed E-state index contributed by atoms with van der Waals surface area (Å²) in [4.78, 5) is 2.49. The van der Waals surface area contributed by atoms with Crippen molar-refractivity contribution in [2.24, 2.45) is 0 Å². The van der Waals surface area contributed by atoms with Crippen LogP contribution >= 0.6 is 0 Å². The molecule has 4 heterocycles. The fourth-order valence-corrected chi connectivity index (χ4v) is 12.1. The van der Waals surface area contributed by atoms with Crippen LogP contribution in [0.5, 0.6) is 0 Å². The van der Waals surface area contributed by atoms with Crippen molar-refractivity contribution in [1.29, 1.82) is 0 Å². The molecule has 0 atom stereocenters. The van der Waals surface area contributed by atoms with Crippen molar-refractivity contribution in [2.75, 3.05) is 4.90 Å². The third-order valence-corrected chi connectivity index (χ3v) is 14.7. The number of fused-ring (bicyclic) bond motifs is 17. The molecule has 1 aliphatic heterocycles. The molecule has 0 saturated heterocycles. The maximum absolute atomic E-state index is 6.81. The second-order valence-electron chi connectivity index (χ2n) is 18.0. The van der Waals surface area contributed by atoms with E-state index in [9.17, 15) is 0 Å². The zero-order valence-corrected chi connectivity index (χ0v) is 36.3. The summed E-state index contributed by atoms with van der Waals surface area (Å²) in [5, 5.41) is 5.91. The van der Waals surface area contributed by atoms with Crippen LogP contribution in [-0.4, -0.2) is 9.13 Å². The van der Waals surface area contributed by atoms with Gasteiger partial charge in [-0.05, 0) is 123 Å². The highest BCUT2D eigenvalue weighted by Gasteiger charge is 2.52. The normalized spacial score (nSPS) is 13.5. The lowest BCUT2D eigenvalue weighted by Crippen LogP contribution is -2.36. The summed E-state index contributed by atoms with van der Waals surface area (Å²) in [5.74, 6) is 0. The molecule has 0 radical (unpaired) electrons. The Balaban J connectivity index is 1.08. The molecule has 10 aromatic carbocycles. The summed E-state index contributed by atoms with van der Waals surface area (Å²) in [7, 11) is 0. The highest BCUT2D eigenvalue weighted by molar-refractivity contribution is 6.24. The van der Waals surface area contributed by atoms with Crippen molar-refractivity contribution < 1.29 is 4.42 Å². The van der Waals surface area contributed by atoms with Gasteiger partial charge in [-0.1, -0.05) is 158 Å². The lowest BCUT2D eigenvalue weighted by Gasteiger charge is -2.45. The van der Waals surface area contributed by atoms with Crippen LogP contribution in [0.4, 0.5) is 17.1 Å². The minimum absolute atomic E-state index is 0.671. The average molecular weight is 854 g/mol. The molecular weight excluding hydrogens is 815 g/mol. The Kier molecular flexibility index (Phi) is 7.40. The van der Waals surface area contributed by atoms with Gasteiger partial charge in [0.2, 0.25) is 5.71 Å². The zero-order valence-electron chi connectivity index (χ0n) is 36.3. The van der Waals surface area contributed by atoms with Crippen molar-refractivity contribution in [2.45, 2.75) is 5.41 Å². The van der Waals surface area contributed by atoms with Gasteiger partial charge in [-0.3, -0.25) is 4.57 Å². The molecule has 1 aliphatic carbocycles. The van der Waals surface area contributed by atoms with Crippen LogP contribution in [0.25, 0.3) is 88.4 Å². The second-order valence-corrected chi connectivity index (χ2v) is 18.0. The summed E-state index contributed by atoms with van der Waals surface area (Å²) in [6.45, 7) is 0. The standard InChI is InChI=1S/C63H39N3O/c1-3-18-41(19-4-1)64-56-36-34-40(44-27-17-32-58-60(44)61-49-26-11-16-33-59(49)67-62(61)66(58)42-20-5-2-6-21-42)38-52(56)63(50-28-12-7-22-45(50)46-23-8-13-29-51(46)63)53-39-43(35-37-57(53)64)65-54-30-14-9-24-47(54)48-25-10-15-31-55(48)65/h1-39H. The Morgan fingerprint density at radius 1 is 0.328 bits per heavy atom. The third kappa shape index (κ3) is 4.81. The van der Waals surface area contributed by atoms with E-state index in [1.165, 1.54) is 60.6 Å². The van der Waals surface area contributed by atoms with Crippen LogP contribution in [0.3, 0.4) is 0 Å². The lowest BCUT2D eigenvalue weighted by molar-refractivity contribution is 0.645. The van der Waals surface area contributed by atoms with Gasteiger partial charge in [-0.15, -0.1) is 0 Å². The first kappa shape index (κ1) is 36.5. The van der Waals surface area contributed by atoms with Crippen LogP contribution in [-0.2, 0) is 5.41 Å². The molecule has 13 aromatic rings. The van der Waals surface area contributed by atoms with Crippen molar-refractivity contribution in [3.05, 3.63) is 259 Å². The van der Waals surface area contributed by atoms with E-state index in [4.69, 9.17) is 4.42 Å². The van der Waals surface area contributed by atoms with E-state index < -0.39 is 5.41 Å². The fourth-order valence-electron chi connectivity index (χ4n) is 12.1. The zero-order chi connectivity index (χ0) is 43.8. The van der Waals surface area contributed by atoms with E-state index in [0.717, 1.165) is 67.1 Å². The summed E-state index contributed by atoms with van der Waals surface area (Å²) in [6.07, 6.45) is 0. The van der Waals surface area contributed by atoms with Crippen molar-refractivity contribution in [3.8, 4) is 33.6 Å². The monoisotopic (exact) mass is 853 g/mol. The van der Waals surface area contributed by atoms with Gasteiger partial charge < -0.3 is 13.9 Å². The number of hydrogen-bond donors (Lipinski definition) is 0. The number of hydrogen-bond acceptors (Lipinski definition) is 2. The van der Waals surface area contributed by atoms with Gasteiger partial charge in [0.05, 0.1) is 38.7 Å². The molecule has 15 rings (SSSR count). The number of aromatic nitrogens is 2. The van der Waals surface area contributed by atoms with Crippen LogP contribution in [0, 0.1) is 0 Å². The largest absolute Gasteiger partial charge is 0.439 e. The molecule has 0 unspecified atom stereocenters. The molecule has 0 N–H and O–H groups in total. The quantitative estimate of drug-likeness (QED) is 0.176. The molecule has 3 aromatic heterocycles. The molecule has 67 heavy (non-hydrogen) atoms. The molecule has 2 aliphatic rings. The first-order chi connectivity index (χ1) is 33.3. The third-order valence-electron chi connectivity index (χ3n) is 14.7. The second kappa shape index (κ2) is 13.6. The topological polar surface area (TPSA) is 26.2 Å². The average Bonchev–Trinajstić information content (AvgIpc) is 4.12. The number of rotatable bonds is 4. The number of nitrogens with zero attached hydrogens (tertiary/aromatic N) is 3. The van der Waals surface area contributed by atoms with Gasteiger partial charge in [0.15, 0.2) is 0 Å². The van der Waals surface area contributed by atoms with E-state index in [1.807, 2.05) is 0 Å². The number of para-hydroxylation sites is 5. The van der Waals surface area contributed by atoms with Crippen molar-refractivity contribution >= 4 is 71.8 Å². The van der Waals surface area contributed by atoms with E-state index >= 15 is 0 Å². The smallest absolute Gasteiger partial charge is 0.213 e. The summed E-state index contributed by atoms with van der Waals surface area (Å²) in [6, 6.07) is 87.0.